The second-order valence-corrected chi connectivity index (χ2v) is 9.70. The Kier molecular flexibility index (Phi) is 6.19. The number of benzene rings is 1. The summed E-state index contributed by atoms with van der Waals surface area (Å²) in [6.07, 6.45) is 7.89. The van der Waals surface area contributed by atoms with Gasteiger partial charge in [-0.3, -0.25) is 4.79 Å². The Hall–Kier alpha value is -2.74. The number of nitrogens with one attached hydrogen (secondary N) is 2. The van der Waals surface area contributed by atoms with Crippen LogP contribution in [0, 0.1) is 12.7 Å². The topological polar surface area (TPSA) is 73.4 Å². The number of fused-ring (bicyclic) bond motifs is 1. The maximum absolute atomic E-state index is 13.9. The highest BCUT2D eigenvalue weighted by atomic mass is 19.1. The molecular formula is C25H33FN6O. The third-order valence-electron chi connectivity index (χ3n) is 7.31. The number of halogens is 1. The lowest BCUT2D eigenvalue weighted by atomic mass is 9.93. The highest BCUT2D eigenvalue weighted by Crippen LogP contribution is 2.37. The van der Waals surface area contributed by atoms with Crippen molar-refractivity contribution in [1.82, 2.24) is 20.2 Å². The fraction of sp³-hybridized carbons (Fsp3) is 0.560. The number of amides is 1. The van der Waals surface area contributed by atoms with Crippen molar-refractivity contribution in [2.24, 2.45) is 0 Å². The van der Waals surface area contributed by atoms with E-state index in [0.717, 1.165) is 49.9 Å². The van der Waals surface area contributed by atoms with Crippen LogP contribution in [-0.2, 0) is 0 Å². The van der Waals surface area contributed by atoms with Crippen molar-refractivity contribution in [3.05, 3.63) is 35.1 Å². The second-order valence-electron chi connectivity index (χ2n) is 9.70. The molecule has 2 fully saturated rings. The monoisotopic (exact) mass is 452 g/mol. The molecular weight excluding hydrogens is 419 g/mol. The number of anilines is 2. The molecule has 7 nitrogen and oxygen atoms in total. The third kappa shape index (κ3) is 4.53. The first-order valence-electron chi connectivity index (χ1n) is 12.2. The summed E-state index contributed by atoms with van der Waals surface area (Å²) >= 11 is 0. The molecule has 1 aromatic heterocycles. The van der Waals surface area contributed by atoms with Crippen LogP contribution in [0.5, 0.6) is 0 Å². The first-order valence-corrected chi connectivity index (χ1v) is 12.2. The fourth-order valence-corrected chi connectivity index (χ4v) is 5.37. The van der Waals surface area contributed by atoms with E-state index < -0.39 is 0 Å². The van der Waals surface area contributed by atoms with Gasteiger partial charge in [-0.1, -0.05) is 19.3 Å². The summed E-state index contributed by atoms with van der Waals surface area (Å²) in [6, 6.07) is 5.29. The van der Waals surface area contributed by atoms with E-state index in [-0.39, 0.29) is 11.7 Å². The van der Waals surface area contributed by atoms with Crippen LogP contribution in [0.3, 0.4) is 0 Å². The number of carbonyl (C=O) groups is 1. The number of likely N-dealkylation sites (tertiary alicyclic amines) is 1. The van der Waals surface area contributed by atoms with Crippen molar-refractivity contribution in [3.8, 4) is 11.3 Å². The van der Waals surface area contributed by atoms with Gasteiger partial charge in [0.1, 0.15) is 17.2 Å². The van der Waals surface area contributed by atoms with Gasteiger partial charge in [-0.2, -0.15) is 4.98 Å². The number of hydrogen-bond donors (Lipinski definition) is 2. The number of aryl methyl sites for hydroxylation is 1. The molecule has 2 aliphatic heterocycles. The van der Waals surface area contributed by atoms with Crippen molar-refractivity contribution >= 4 is 17.7 Å². The summed E-state index contributed by atoms with van der Waals surface area (Å²) in [5.74, 6) is 0.797. The van der Waals surface area contributed by atoms with Gasteiger partial charge >= 0.3 is 0 Å². The van der Waals surface area contributed by atoms with E-state index in [1.807, 2.05) is 6.92 Å². The minimum atomic E-state index is -0.294. The molecule has 176 valence electrons. The lowest BCUT2D eigenvalue weighted by molar-refractivity contribution is 0.0944. The molecule has 0 bridgehead atoms. The average Bonchev–Trinajstić information content (AvgIpc) is 2.81. The summed E-state index contributed by atoms with van der Waals surface area (Å²) in [6.45, 7) is 4.38. The molecule has 0 unspecified atom stereocenters. The molecule has 1 amide bonds. The smallest absolute Gasteiger partial charge is 0.258 e. The van der Waals surface area contributed by atoms with Crippen LogP contribution in [0.1, 0.15) is 60.9 Å². The van der Waals surface area contributed by atoms with Crippen molar-refractivity contribution in [1.29, 1.82) is 0 Å². The van der Waals surface area contributed by atoms with Gasteiger partial charge in [0.15, 0.2) is 0 Å². The number of carbonyl (C=O) groups excluding carboxylic acids is 1. The van der Waals surface area contributed by atoms with E-state index in [0.29, 0.717) is 41.8 Å². The number of nitrogens with zero attached hydrogens (tertiary/aromatic N) is 4. The van der Waals surface area contributed by atoms with E-state index in [1.165, 1.54) is 31.4 Å². The van der Waals surface area contributed by atoms with Gasteiger partial charge in [0.05, 0.1) is 12.4 Å². The zero-order chi connectivity index (χ0) is 22.9. The Morgan fingerprint density at radius 3 is 2.58 bits per heavy atom. The summed E-state index contributed by atoms with van der Waals surface area (Å²) in [5, 5.41) is 6.59. The molecule has 3 heterocycles. The van der Waals surface area contributed by atoms with Gasteiger partial charge < -0.3 is 20.4 Å². The van der Waals surface area contributed by atoms with Crippen molar-refractivity contribution in [2.45, 2.75) is 64.0 Å². The maximum Gasteiger partial charge on any atom is 0.258 e. The summed E-state index contributed by atoms with van der Waals surface area (Å²) in [5.41, 5.74) is 2.59. The minimum Gasteiger partial charge on any atom is -0.351 e. The number of rotatable bonds is 4. The standard InChI is InChI=1S/C25H33FN6O/c1-16-14-17(26)8-9-20(16)22-21-23(30-25(29-22)28-18-10-12-31(2)13-11-18)32(15-27-24(21)33)19-6-4-3-5-7-19/h8-9,14,18-19H,3-7,10-13,15H2,1-2H3,(H,27,33)(H,28,29,30). The van der Waals surface area contributed by atoms with E-state index >= 15 is 0 Å². The van der Waals surface area contributed by atoms with Crippen molar-refractivity contribution in [3.63, 3.8) is 0 Å². The SMILES string of the molecule is Cc1cc(F)ccc1-c1nc(NC2CCN(C)CC2)nc2c1C(=O)NCN2C1CCCCC1. The highest BCUT2D eigenvalue weighted by Gasteiger charge is 2.34. The molecule has 8 heteroatoms. The summed E-state index contributed by atoms with van der Waals surface area (Å²) in [4.78, 5) is 27.4. The van der Waals surface area contributed by atoms with Gasteiger partial charge in [-0.05, 0) is 76.5 Å². The predicted molar refractivity (Wildman–Crippen MR) is 128 cm³/mol. The summed E-state index contributed by atoms with van der Waals surface area (Å²) < 4.78 is 13.9. The van der Waals surface area contributed by atoms with Gasteiger partial charge in [-0.25, -0.2) is 9.37 Å². The molecule has 1 aromatic carbocycles. The molecule has 1 saturated heterocycles. The van der Waals surface area contributed by atoms with Crippen LogP contribution in [-0.4, -0.2) is 59.7 Å². The van der Waals surface area contributed by atoms with Gasteiger partial charge in [0.25, 0.3) is 5.91 Å². The van der Waals surface area contributed by atoms with Crippen LogP contribution in [0.4, 0.5) is 16.2 Å². The quantitative estimate of drug-likeness (QED) is 0.732. The van der Waals surface area contributed by atoms with E-state index in [4.69, 9.17) is 9.97 Å². The maximum atomic E-state index is 13.9. The molecule has 0 radical (unpaired) electrons. The van der Waals surface area contributed by atoms with Gasteiger partial charge in [0, 0.05) is 17.6 Å². The average molecular weight is 453 g/mol. The predicted octanol–water partition coefficient (Wildman–Crippen LogP) is 3.94. The lowest BCUT2D eigenvalue weighted by Crippen LogP contribution is -2.50. The van der Waals surface area contributed by atoms with E-state index in [2.05, 4.69) is 27.5 Å². The molecule has 2 N–H and O–H groups in total. The van der Waals surface area contributed by atoms with Crippen LogP contribution in [0.15, 0.2) is 18.2 Å². The lowest BCUT2D eigenvalue weighted by Gasteiger charge is -2.39. The second kappa shape index (κ2) is 9.25. The molecule has 0 atom stereocenters. The molecule has 1 saturated carbocycles. The first kappa shape index (κ1) is 22.1. The van der Waals surface area contributed by atoms with E-state index in [9.17, 15) is 9.18 Å². The van der Waals surface area contributed by atoms with Crippen LogP contribution in [0.25, 0.3) is 11.3 Å². The Labute approximate surface area is 194 Å². The number of hydrogen-bond acceptors (Lipinski definition) is 6. The van der Waals surface area contributed by atoms with Gasteiger partial charge in [0.2, 0.25) is 5.95 Å². The number of piperidine rings is 1. The van der Waals surface area contributed by atoms with Crippen LogP contribution >= 0.6 is 0 Å². The molecule has 2 aromatic rings. The molecule has 1 aliphatic carbocycles. The normalized spacial score (nSPS) is 20.5. The Morgan fingerprint density at radius 1 is 1.09 bits per heavy atom. The fourth-order valence-electron chi connectivity index (χ4n) is 5.37. The number of aromatic nitrogens is 2. The van der Waals surface area contributed by atoms with Crippen molar-refractivity contribution in [2.75, 3.05) is 37.0 Å². The molecule has 33 heavy (non-hydrogen) atoms. The Bertz CT molecular complexity index is 1030. The Morgan fingerprint density at radius 2 is 1.85 bits per heavy atom. The molecule has 5 rings (SSSR count). The van der Waals surface area contributed by atoms with E-state index in [1.54, 1.807) is 6.07 Å². The first-order chi connectivity index (χ1) is 16.0. The zero-order valence-electron chi connectivity index (χ0n) is 19.5. The summed E-state index contributed by atoms with van der Waals surface area (Å²) in [7, 11) is 2.14. The highest BCUT2D eigenvalue weighted by molar-refractivity contribution is 6.06. The molecule has 0 spiro atoms. The minimum absolute atomic E-state index is 0.165. The zero-order valence-corrected chi connectivity index (χ0v) is 19.5. The Balaban J connectivity index is 1.60. The largest absolute Gasteiger partial charge is 0.351 e. The van der Waals surface area contributed by atoms with Crippen molar-refractivity contribution < 1.29 is 9.18 Å². The third-order valence-corrected chi connectivity index (χ3v) is 7.31. The van der Waals surface area contributed by atoms with Gasteiger partial charge in [-0.15, -0.1) is 0 Å². The van der Waals surface area contributed by atoms with Crippen LogP contribution in [0.2, 0.25) is 0 Å². The molecule has 3 aliphatic rings. The van der Waals surface area contributed by atoms with Crippen LogP contribution < -0.4 is 15.5 Å².